The smallest absolute Gasteiger partial charge is 0.338 e. The van der Waals surface area contributed by atoms with Gasteiger partial charge in [-0.25, -0.2) is 14.4 Å². The molecule has 10 heteroatoms. The Kier molecular flexibility index (Phi) is 11.3. The van der Waals surface area contributed by atoms with Gasteiger partial charge >= 0.3 is 17.9 Å². The fourth-order valence-electron chi connectivity index (χ4n) is 6.03. The van der Waals surface area contributed by atoms with Gasteiger partial charge in [0, 0.05) is 7.11 Å². The predicted octanol–water partition coefficient (Wildman–Crippen LogP) is 3.58. The summed E-state index contributed by atoms with van der Waals surface area (Å²) >= 11 is 0. The molecule has 2 aromatic rings. The highest BCUT2D eigenvalue weighted by Crippen LogP contribution is 2.36. The number of rotatable bonds is 10. The van der Waals surface area contributed by atoms with E-state index >= 15 is 0 Å². The summed E-state index contributed by atoms with van der Waals surface area (Å²) in [5.41, 5.74) is 0.360. The van der Waals surface area contributed by atoms with Crippen molar-refractivity contribution >= 4 is 17.9 Å². The lowest BCUT2D eigenvalue weighted by Gasteiger charge is -2.45. The molecule has 0 bridgehead atoms. The van der Waals surface area contributed by atoms with Gasteiger partial charge in [0.2, 0.25) is 0 Å². The molecule has 10 nitrogen and oxygen atoms in total. The van der Waals surface area contributed by atoms with Gasteiger partial charge in [0.1, 0.15) is 24.9 Å². The second kappa shape index (κ2) is 14.9. The summed E-state index contributed by atoms with van der Waals surface area (Å²) in [4.78, 5) is 39.4. The Morgan fingerprint density at radius 3 is 1.81 bits per heavy atom. The Labute approximate surface area is 252 Å². The van der Waals surface area contributed by atoms with Crippen molar-refractivity contribution < 1.29 is 48.3 Å². The van der Waals surface area contributed by atoms with E-state index in [4.69, 9.17) is 23.7 Å². The maximum atomic E-state index is 13.2. The molecule has 0 saturated heterocycles. The molecule has 234 valence electrons. The summed E-state index contributed by atoms with van der Waals surface area (Å²) in [6.45, 7) is 6.05. The van der Waals surface area contributed by atoms with Crippen molar-refractivity contribution in [2.75, 3.05) is 13.7 Å². The van der Waals surface area contributed by atoms with Crippen LogP contribution < -0.4 is 0 Å². The molecule has 2 fully saturated rings. The number of benzene rings is 2. The molecule has 2 N–H and O–H groups in total. The Bertz CT molecular complexity index is 1200. The van der Waals surface area contributed by atoms with E-state index in [2.05, 4.69) is 20.8 Å². The van der Waals surface area contributed by atoms with Crippen molar-refractivity contribution in [3.8, 4) is 0 Å². The molecule has 2 aliphatic carbocycles. The summed E-state index contributed by atoms with van der Waals surface area (Å²) in [6.07, 6.45) is -6.44. The molecule has 2 aliphatic rings. The maximum Gasteiger partial charge on any atom is 0.338 e. The lowest BCUT2D eigenvalue weighted by Crippen LogP contribution is -2.67. The van der Waals surface area contributed by atoms with Gasteiger partial charge in [0.05, 0.1) is 17.2 Å². The third-order valence-electron chi connectivity index (χ3n) is 8.42. The minimum Gasteiger partial charge on any atom is -0.454 e. The normalized spacial score (nSPS) is 30.8. The lowest BCUT2D eigenvalue weighted by atomic mass is 9.75. The van der Waals surface area contributed by atoms with Gasteiger partial charge in [-0.3, -0.25) is 0 Å². The quantitative estimate of drug-likeness (QED) is 0.308. The van der Waals surface area contributed by atoms with Gasteiger partial charge in [0.25, 0.3) is 0 Å². The Balaban J connectivity index is 1.58. The largest absolute Gasteiger partial charge is 0.454 e. The maximum absolute atomic E-state index is 13.2. The van der Waals surface area contributed by atoms with Crippen molar-refractivity contribution in [1.29, 1.82) is 0 Å². The fraction of sp³-hybridized carbons (Fsp3) is 0.545. The standard InChI is InChI=1S/C33H42O10/c1-19(2)23-16-15-20(3)17-24(23)40-18-25(34)41-30-28(39-4)26(35)27(36)29(42-32(37)21-11-7-5-8-12-21)31(30)43-33(38)22-13-9-6-10-14-22/h5-14,19-20,23-24,26-31,35-36H,15-18H2,1-4H3/t20-,23+,24-,26+,27-,28-,29+,30+,31+/m1/s1. The molecule has 2 saturated carbocycles. The van der Waals surface area contributed by atoms with Crippen molar-refractivity contribution in [3.05, 3.63) is 71.8 Å². The average Bonchev–Trinajstić information content (AvgIpc) is 3.01. The van der Waals surface area contributed by atoms with E-state index in [1.807, 2.05) is 0 Å². The van der Waals surface area contributed by atoms with E-state index in [1.165, 1.54) is 31.4 Å². The van der Waals surface area contributed by atoms with Gasteiger partial charge in [-0.15, -0.1) is 0 Å². The van der Waals surface area contributed by atoms with Crippen LogP contribution in [-0.4, -0.2) is 84.6 Å². The van der Waals surface area contributed by atoms with Crippen LogP contribution in [0.4, 0.5) is 0 Å². The minimum absolute atomic E-state index is 0.125. The van der Waals surface area contributed by atoms with Crippen LogP contribution >= 0.6 is 0 Å². The zero-order chi connectivity index (χ0) is 31.1. The third-order valence-corrected chi connectivity index (χ3v) is 8.42. The summed E-state index contributed by atoms with van der Waals surface area (Å²) in [5.74, 6) is -1.27. The first-order valence-electron chi connectivity index (χ1n) is 14.8. The number of aliphatic hydroxyl groups excluding tert-OH is 2. The highest BCUT2D eigenvalue weighted by atomic mass is 16.6. The first-order chi connectivity index (χ1) is 20.6. The zero-order valence-corrected chi connectivity index (χ0v) is 25.0. The van der Waals surface area contributed by atoms with Crippen LogP contribution in [0.15, 0.2) is 60.7 Å². The summed E-state index contributed by atoms with van der Waals surface area (Å²) in [7, 11) is 1.26. The first kappa shape index (κ1) is 32.6. The number of aliphatic hydroxyl groups is 2. The first-order valence-corrected chi connectivity index (χ1v) is 14.8. The lowest BCUT2D eigenvalue weighted by molar-refractivity contribution is -0.240. The molecule has 0 radical (unpaired) electrons. The Morgan fingerprint density at radius 2 is 1.28 bits per heavy atom. The molecular weight excluding hydrogens is 556 g/mol. The van der Waals surface area contributed by atoms with Crippen LogP contribution in [0, 0.1) is 17.8 Å². The molecule has 4 rings (SSSR count). The van der Waals surface area contributed by atoms with Crippen LogP contribution in [0.5, 0.6) is 0 Å². The van der Waals surface area contributed by atoms with Gasteiger partial charge in [0.15, 0.2) is 18.3 Å². The molecule has 0 spiro atoms. The monoisotopic (exact) mass is 598 g/mol. The van der Waals surface area contributed by atoms with Crippen LogP contribution in [0.1, 0.15) is 60.7 Å². The topological polar surface area (TPSA) is 138 Å². The van der Waals surface area contributed by atoms with E-state index in [-0.39, 0.29) is 23.8 Å². The fourth-order valence-corrected chi connectivity index (χ4v) is 6.03. The number of methoxy groups -OCH3 is 1. The second-order valence-corrected chi connectivity index (χ2v) is 11.8. The van der Waals surface area contributed by atoms with Crippen molar-refractivity contribution in [3.63, 3.8) is 0 Å². The highest BCUT2D eigenvalue weighted by Gasteiger charge is 2.56. The SMILES string of the molecule is CO[C@@H]1[C@@H](O)[C@@H](O)[C@H](OC(=O)c2ccccc2)[C@H](OC(=O)c2ccccc2)[C@H]1OC(=O)CO[C@@H]1C[C@H](C)CC[C@H]1C(C)C. The molecule has 0 amide bonds. The van der Waals surface area contributed by atoms with E-state index < -0.39 is 54.5 Å². The van der Waals surface area contributed by atoms with E-state index in [1.54, 1.807) is 36.4 Å². The van der Waals surface area contributed by atoms with Crippen LogP contribution in [0.25, 0.3) is 0 Å². The number of esters is 3. The molecule has 43 heavy (non-hydrogen) atoms. The third kappa shape index (κ3) is 8.00. The van der Waals surface area contributed by atoms with Crippen LogP contribution in [-0.2, 0) is 28.5 Å². The van der Waals surface area contributed by atoms with E-state index in [9.17, 15) is 24.6 Å². The summed E-state index contributed by atoms with van der Waals surface area (Å²) in [6, 6.07) is 16.1. The van der Waals surface area contributed by atoms with E-state index in [0.717, 1.165) is 19.3 Å². The molecule has 9 atom stereocenters. The molecule has 0 aliphatic heterocycles. The van der Waals surface area contributed by atoms with Gasteiger partial charge < -0.3 is 33.9 Å². The van der Waals surface area contributed by atoms with Crippen molar-refractivity contribution in [2.45, 2.75) is 82.8 Å². The molecular formula is C33H42O10. The zero-order valence-electron chi connectivity index (χ0n) is 25.0. The Hall–Kier alpha value is -3.31. The summed E-state index contributed by atoms with van der Waals surface area (Å²) < 4.78 is 28.6. The predicted molar refractivity (Wildman–Crippen MR) is 155 cm³/mol. The van der Waals surface area contributed by atoms with Crippen LogP contribution in [0.3, 0.4) is 0 Å². The van der Waals surface area contributed by atoms with Gasteiger partial charge in [-0.05, 0) is 54.9 Å². The number of carbonyl (C=O) groups excluding carboxylic acids is 3. The Morgan fingerprint density at radius 1 is 0.767 bits per heavy atom. The number of ether oxygens (including phenoxy) is 5. The average molecular weight is 599 g/mol. The van der Waals surface area contributed by atoms with Crippen molar-refractivity contribution in [2.24, 2.45) is 17.8 Å². The molecule has 0 aromatic heterocycles. The van der Waals surface area contributed by atoms with Crippen LogP contribution in [0.2, 0.25) is 0 Å². The number of carbonyl (C=O) groups is 3. The molecule has 0 unspecified atom stereocenters. The molecule has 0 heterocycles. The van der Waals surface area contributed by atoms with Crippen molar-refractivity contribution in [1.82, 2.24) is 0 Å². The number of hydrogen-bond donors (Lipinski definition) is 2. The highest BCUT2D eigenvalue weighted by molar-refractivity contribution is 5.90. The van der Waals surface area contributed by atoms with E-state index in [0.29, 0.717) is 17.8 Å². The van der Waals surface area contributed by atoms with Gasteiger partial charge in [-0.1, -0.05) is 63.6 Å². The minimum atomic E-state index is -1.73. The van der Waals surface area contributed by atoms with Gasteiger partial charge in [-0.2, -0.15) is 0 Å². The molecule has 2 aromatic carbocycles. The second-order valence-electron chi connectivity index (χ2n) is 11.8. The summed E-state index contributed by atoms with van der Waals surface area (Å²) in [5, 5.41) is 22.0. The number of hydrogen-bond acceptors (Lipinski definition) is 10.